The van der Waals surface area contributed by atoms with Crippen LogP contribution in [0.4, 0.5) is 5.69 Å². The predicted molar refractivity (Wildman–Crippen MR) is 153 cm³/mol. The number of thiophene rings is 1. The number of hydrogen-bond donors (Lipinski definition) is 1. The van der Waals surface area contributed by atoms with E-state index in [1.54, 1.807) is 11.3 Å². The summed E-state index contributed by atoms with van der Waals surface area (Å²) in [6.45, 7) is 2.25. The molecule has 0 radical (unpaired) electrons. The molecule has 2 unspecified atom stereocenters. The molecule has 0 bridgehead atoms. The van der Waals surface area contributed by atoms with Gasteiger partial charge in [-0.1, -0.05) is 55.5 Å². The van der Waals surface area contributed by atoms with Crippen molar-refractivity contribution in [1.29, 1.82) is 5.26 Å². The van der Waals surface area contributed by atoms with Crippen LogP contribution in [0.2, 0.25) is 0 Å². The molecule has 2 aromatic heterocycles. The van der Waals surface area contributed by atoms with Crippen LogP contribution in [-0.2, 0) is 0 Å². The average Bonchev–Trinajstić information content (AvgIpc) is 3.43. The molecule has 172 valence electrons. The van der Waals surface area contributed by atoms with Gasteiger partial charge in [0, 0.05) is 48.2 Å². The lowest BCUT2D eigenvalue weighted by atomic mass is 9.79. The number of rotatable bonds is 2. The summed E-state index contributed by atoms with van der Waals surface area (Å²) < 4.78 is 4.81. The number of benzene rings is 4. The van der Waals surface area contributed by atoms with Crippen LogP contribution < -0.4 is 5.73 Å². The number of nitrogens with two attached hydrogens (primary N) is 1. The van der Waals surface area contributed by atoms with Gasteiger partial charge in [0.2, 0.25) is 0 Å². The van der Waals surface area contributed by atoms with E-state index in [2.05, 4.69) is 102 Å². The van der Waals surface area contributed by atoms with Crippen molar-refractivity contribution in [2.75, 3.05) is 5.73 Å². The monoisotopic (exact) mass is 481 g/mol. The molecule has 36 heavy (non-hydrogen) atoms. The molecule has 1 aliphatic rings. The fourth-order valence-electron chi connectivity index (χ4n) is 5.86. The van der Waals surface area contributed by atoms with Gasteiger partial charge >= 0.3 is 0 Å². The first-order valence-electron chi connectivity index (χ1n) is 12.2. The Morgan fingerprint density at radius 2 is 1.44 bits per heavy atom. The second-order valence-corrected chi connectivity index (χ2v) is 10.7. The summed E-state index contributed by atoms with van der Waals surface area (Å²) >= 11 is 1.79. The van der Waals surface area contributed by atoms with Gasteiger partial charge in [-0.2, -0.15) is 5.26 Å². The molecule has 0 fully saturated rings. The molecule has 0 aliphatic heterocycles. The zero-order valence-corrected chi connectivity index (χ0v) is 20.6. The van der Waals surface area contributed by atoms with Crippen molar-refractivity contribution >= 4 is 64.7 Å². The van der Waals surface area contributed by atoms with Crippen LogP contribution in [0.5, 0.6) is 0 Å². The zero-order chi connectivity index (χ0) is 24.4. The summed E-state index contributed by atoms with van der Waals surface area (Å²) in [5, 5.41) is 15.1. The number of aromatic nitrogens is 1. The van der Waals surface area contributed by atoms with Gasteiger partial charge in [-0.05, 0) is 60.0 Å². The zero-order valence-electron chi connectivity index (χ0n) is 19.8. The van der Waals surface area contributed by atoms with Crippen LogP contribution in [0.25, 0.3) is 47.7 Å². The molecular weight excluding hydrogens is 458 g/mol. The molecular formula is C32H23N3S. The van der Waals surface area contributed by atoms with E-state index in [1.807, 2.05) is 12.1 Å². The van der Waals surface area contributed by atoms with Crippen LogP contribution in [0, 0.1) is 17.2 Å². The highest BCUT2D eigenvalue weighted by molar-refractivity contribution is 7.25. The first-order valence-corrected chi connectivity index (χ1v) is 13.0. The minimum absolute atomic E-state index is 0.0317. The summed E-state index contributed by atoms with van der Waals surface area (Å²) in [4.78, 5) is 0. The maximum Gasteiger partial charge on any atom is 0.101 e. The maximum atomic E-state index is 10.3. The third-order valence-corrected chi connectivity index (χ3v) is 8.63. The Balaban J connectivity index is 1.54. The highest BCUT2D eigenvalue weighted by Gasteiger charge is 2.31. The van der Waals surface area contributed by atoms with Crippen LogP contribution in [0.15, 0.2) is 103 Å². The van der Waals surface area contributed by atoms with Crippen LogP contribution in [-0.4, -0.2) is 4.57 Å². The van der Waals surface area contributed by atoms with Crippen LogP contribution >= 0.6 is 11.3 Å². The van der Waals surface area contributed by atoms with Crippen molar-refractivity contribution in [3.05, 3.63) is 108 Å². The van der Waals surface area contributed by atoms with E-state index >= 15 is 0 Å². The SMILES string of the molecule is CC1C=CC(C#N)=C(n2c3ccccc3c3ccccc32)C1c1ccc2sc3ccc(N)cc3c2c1. The van der Waals surface area contributed by atoms with Gasteiger partial charge in [0.05, 0.1) is 16.6 Å². The molecule has 2 heterocycles. The van der Waals surface area contributed by atoms with Crippen molar-refractivity contribution in [2.45, 2.75) is 12.8 Å². The second kappa shape index (κ2) is 7.84. The highest BCUT2D eigenvalue weighted by atomic mass is 32.1. The summed E-state index contributed by atoms with van der Waals surface area (Å²) in [6, 6.07) is 32.5. The molecule has 0 amide bonds. The molecule has 6 aromatic rings. The molecule has 2 N–H and O–H groups in total. The summed E-state index contributed by atoms with van der Waals surface area (Å²) in [5.41, 5.74) is 12.2. The van der Waals surface area contributed by atoms with E-state index in [4.69, 9.17) is 5.73 Å². The summed E-state index contributed by atoms with van der Waals surface area (Å²) in [5.74, 6) is 0.258. The third kappa shape index (κ3) is 2.97. The van der Waals surface area contributed by atoms with Gasteiger partial charge in [0.1, 0.15) is 6.07 Å². The molecule has 0 saturated carbocycles. The van der Waals surface area contributed by atoms with Crippen molar-refractivity contribution < 1.29 is 0 Å². The molecule has 0 spiro atoms. The minimum atomic E-state index is 0.0317. The van der Waals surface area contributed by atoms with Gasteiger partial charge in [-0.3, -0.25) is 0 Å². The Kier molecular flexibility index (Phi) is 4.57. The summed E-state index contributed by atoms with van der Waals surface area (Å²) in [6.07, 6.45) is 4.17. The number of nitriles is 1. The third-order valence-electron chi connectivity index (χ3n) is 7.48. The number of nitrogens with zero attached hydrogens (tertiary/aromatic N) is 2. The number of nitrogen functional groups attached to an aromatic ring is 1. The van der Waals surface area contributed by atoms with Gasteiger partial charge in [-0.25, -0.2) is 0 Å². The van der Waals surface area contributed by atoms with E-state index < -0.39 is 0 Å². The normalized spacial score (nSPS) is 18.0. The molecule has 2 atom stereocenters. The first kappa shape index (κ1) is 21.0. The summed E-state index contributed by atoms with van der Waals surface area (Å²) in [7, 11) is 0. The van der Waals surface area contributed by atoms with Gasteiger partial charge in [0.15, 0.2) is 0 Å². The number of para-hydroxylation sites is 2. The Hall–Kier alpha value is -4.33. The van der Waals surface area contributed by atoms with Crippen molar-refractivity contribution in [3.8, 4) is 6.07 Å². The Labute approximate surface area is 213 Å². The Morgan fingerprint density at radius 3 is 2.14 bits per heavy atom. The fourth-order valence-corrected chi connectivity index (χ4v) is 6.93. The number of fused-ring (bicyclic) bond motifs is 6. The van der Waals surface area contributed by atoms with Crippen molar-refractivity contribution in [3.63, 3.8) is 0 Å². The van der Waals surface area contributed by atoms with Crippen LogP contribution in [0.3, 0.4) is 0 Å². The lowest BCUT2D eigenvalue weighted by molar-refractivity contribution is 0.630. The molecule has 0 saturated heterocycles. The molecule has 4 heteroatoms. The number of anilines is 1. The topological polar surface area (TPSA) is 54.7 Å². The van der Waals surface area contributed by atoms with Gasteiger partial charge in [0.25, 0.3) is 0 Å². The number of hydrogen-bond acceptors (Lipinski definition) is 3. The number of allylic oxidation sites excluding steroid dienone is 4. The Morgan fingerprint density at radius 1 is 0.806 bits per heavy atom. The van der Waals surface area contributed by atoms with E-state index in [9.17, 15) is 5.26 Å². The average molecular weight is 482 g/mol. The second-order valence-electron chi connectivity index (χ2n) is 9.59. The van der Waals surface area contributed by atoms with Gasteiger partial charge < -0.3 is 10.3 Å². The molecule has 3 nitrogen and oxygen atoms in total. The van der Waals surface area contributed by atoms with E-state index in [0.29, 0.717) is 5.57 Å². The Bertz CT molecular complexity index is 1890. The van der Waals surface area contributed by atoms with Crippen molar-refractivity contribution in [2.24, 2.45) is 5.92 Å². The van der Waals surface area contributed by atoms with E-state index in [0.717, 1.165) is 22.4 Å². The first-order chi connectivity index (χ1) is 17.6. The largest absolute Gasteiger partial charge is 0.399 e. The van der Waals surface area contributed by atoms with Gasteiger partial charge in [-0.15, -0.1) is 11.3 Å². The quantitative estimate of drug-likeness (QED) is 0.252. The molecule has 4 aromatic carbocycles. The minimum Gasteiger partial charge on any atom is -0.399 e. The van der Waals surface area contributed by atoms with Crippen molar-refractivity contribution in [1.82, 2.24) is 4.57 Å². The highest BCUT2D eigenvalue weighted by Crippen LogP contribution is 2.46. The smallest absolute Gasteiger partial charge is 0.101 e. The molecule has 7 rings (SSSR count). The predicted octanol–water partition coefficient (Wildman–Crippen LogP) is 8.47. The lowest BCUT2D eigenvalue weighted by Crippen LogP contribution is -2.19. The van der Waals surface area contributed by atoms with Crippen LogP contribution in [0.1, 0.15) is 18.4 Å². The molecule has 1 aliphatic carbocycles. The maximum absolute atomic E-state index is 10.3. The standard InChI is InChI=1S/C32H23N3S/c1-19-10-11-21(18-33)32(35-27-8-4-2-6-23(27)24-7-3-5-9-28(24)35)31(19)20-12-14-29-25(16-20)26-17-22(34)13-15-30(26)36-29/h2-17,19,31H,34H2,1H3. The lowest BCUT2D eigenvalue weighted by Gasteiger charge is -2.31. The van der Waals surface area contributed by atoms with E-state index in [-0.39, 0.29) is 11.8 Å². The fraction of sp³-hybridized carbons (Fsp3) is 0.0938. The van der Waals surface area contributed by atoms with E-state index in [1.165, 1.54) is 36.5 Å².